The van der Waals surface area contributed by atoms with Crippen molar-refractivity contribution in [2.45, 2.75) is 19.8 Å². The van der Waals surface area contributed by atoms with Crippen molar-refractivity contribution in [1.29, 1.82) is 0 Å². The van der Waals surface area contributed by atoms with Gasteiger partial charge in [0.25, 0.3) is 11.8 Å². The van der Waals surface area contributed by atoms with Crippen molar-refractivity contribution in [2.24, 2.45) is 0 Å². The Morgan fingerprint density at radius 3 is 2.64 bits per heavy atom. The summed E-state index contributed by atoms with van der Waals surface area (Å²) in [4.78, 5) is 24.4. The van der Waals surface area contributed by atoms with Gasteiger partial charge >= 0.3 is 0 Å². The highest BCUT2D eigenvalue weighted by Gasteiger charge is 2.15. The number of benzene rings is 2. The molecule has 0 aromatic heterocycles. The lowest BCUT2D eigenvalue weighted by Crippen LogP contribution is -2.34. The molecule has 2 aromatic rings. The third kappa shape index (κ3) is 6.31. The van der Waals surface area contributed by atoms with E-state index >= 15 is 0 Å². The molecule has 0 spiro atoms. The quantitative estimate of drug-likeness (QED) is 0.425. The molecule has 0 aliphatic carbocycles. The molecule has 2 rings (SSSR count). The van der Waals surface area contributed by atoms with Gasteiger partial charge in [0.2, 0.25) is 0 Å². The fraction of sp³-hybridized carbons (Fsp3) is 0.250. The normalized spacial score (nSPS) is 10.1. The number of hydrogen-bond donors (Lipinski definition) is 3. The van der Waals surface area contributed by atoms with Gasteiger partial charge in [0, 0.05) is 22.8 Å². The van der Waals surface area contributed by atoms with Crippen LogP contribution in [0.2, 0.25) is 0 Å². The summed E-state index contributed by atoms with van der Waals surface area (Å²) < 4.78 is 6.48. The molecule has 0 fully saturated rings. The second kappa shape index (κ2) is 10.8. The first-order valence-electron chi connectivity index (χ1n) is 8.81. The largest absolute Gasteiger partial charge is 0.493 e. The van der Waals surface area contributed by atoms with Crippen LogP contribution in [-0.4, -0.2) is 30.6 Å². The Labute approximate surface area is 178 Å². The van der Waals surface area contributed by atoms with Crippen LogP contribution in [0.5, 0.6) is 5.75 Å². The minimum atomic E-state index is -0.382. The van der Waals surface area contributed by atoms with Gasteiger partial charge in [0.1, 0.15) is 5.75 Å². The molecule has 148 valence electrons. The summed E-state index contributed by atoms with van der Waals surface area (Å²) in [6.07, 6.45) is 1.90. The van der Waals surface area contributed by atoms with E-state index in [2.05, 4.69) is 38.8 Å². The van der Waals surface area contributed by atoms with E-state index in [0.29, 0.717) is 29.2 Å². The molecule has 0 saturated carbocycles. The molecule has 2 amide bonds. The lowest BCUT2D eigenvalue weighted by Gasteiger charge is -2.14. The molecule has 0 unspecified atom stereocenters. The van der Waals surface area contributed by atoms with Crippen molar-refractivity contribution in [3.05, 3.63) is 58.1 Å². The lowest BCUT2D eigenvalue weighted by atomic mass is 10.2. The summed E-state index contributed by atoms with van der Waals surface area (Å²) >= 11 is 8.61. The molecule has 0 radical (unpaired) electrons. The van der Waals surface area contributed by atoms with Gasteiger partial charge < -0.3 is 15.4 Å². The van der Waals surface area contributed by atoms with E-state index in [-0.39, 0.29) is 16.9 Å². The van der Waals surface area contributed by atoms with Gasteiger partial charge in [-0.3, -0.25) is 14.9 Å². The first kappa shape index (κ1) is 21.8. The molecular weight excluding hydrogens is 442 g/mol. The number of halogens is 1. The summed E-state index contributed by atoms with van der Waals surface area (Å²) in [5.41, 5.74) is 1.47. The number of amides is 2. The third-order valence-corrected chi connectivity index (χ3v) is 4.48. The second-order valence-corrected chi connectivity index (χ2v) is 7.23. The highest BCUT2D eigenvalue weighted by molar-refractivity contribution is 9.10. The SMILES string of the molecule is CCCCOc1ccc(Br)cc1C(=O)NC(=S)Nc1cccc(C(=O)NC)c1. The standard InChI is InChI=1S/C20H22BrN3O3S/c1-3-4-10-27-17-9-8-14(21)12-16(17)19(26)24-20(28)23-15-7-5-6-13(11-15)18(25)22-2/h5-9,11-12H,3-4,10H2,1-2H3,(H,22,25)(H2,23,24,26,28). The maximum atomic E-state index is 12.7. The molecule has 0 saturated heterocycles. The van der Waals surface area contributed by atoms with E-state index in [1.807, 2.05) is 6.07 Å². The Hall–Kier alpha value is -2.45. The van der Waals surface area contributed by atoms with E-state index in [0.717, 1.165) is 17.3 Å². The lowest BCUT2D eigenvalue weighted by molar-refractivity contribution is 0.0958. The van der Waals surface area contributed by atoms with E-state index in [9.17, 15) is 9.59 Å². The zero-order chi connectivity index (χ0) is 20.5. The number of anilines is 1. The summed E-state index contributed by atoms with van der Waals surface area (Å²) in [5, 5.41) is 8.24. The number of nitrogens with one attached hydrogen (secondary N) is 3. The smallest absolute Gasteiger partial charge is 0.261 e. The van der Waals surface area contributed by atoms with Crippen molar-refractivity contribution in [3.63, 3.8) is 0 Å². The number of unbranched alkanes of at least 4 members (excludes halogenated alkanes) is 1. The van der Waals surface area contributed by atoms with Crippen LogP contribution >= 0.6 is 28.1 Å². The maximum absolute atomic E-state index is 12.7. The Morgan fingerprint density at radius 2 is 1.93 bits per heavy atom. The summed E-state index contributed by atoms with van der Waals surface area (Å²) in [7, 11) is 1.56. The Morgan fingerprint density at radius 1 is 1.14 bits per heavy atom. The second-order valence-electron chi connectivity index (χ2n) is 5.91. The van der Waals surface area contributed by atoms with Gasteiger partial charge in [0.15, 0.2) is 5.11 Å². The van der Waals surface area contributed by atoms with Crippen molar-refractivity contribution in [1.82, 2.24) is 10.6 Å². The molecular formula is C20H22BrN3O3S. The Kier molecular flexibility index (Phi) is 8.41. The number of ether oxygens (including phenoxy) is 1. The van der Waals surface area contributed by atoms with Gasteiger partial charge in [-0.05, 0) is 55.0 Å². The van der Waals surface area contributed by atoms with Crippen molar-refractivity contribution in [2.75, 3.05) is 19.0 Å². The number of carbonyl (C=O) groups is 2. The fourth-order valence-corrected chi connectivity index (χ4v) is 2.92. The van der Waals surface area contributed by atoms with Crippen LogP contribution in [0.3, 0.4) is 0 Å². The zero-order valence-electron chi connectivity index (χ0n) is 15.7. The topological polar surface area (TPSA) is 79.5 Å². The highest BCUT2D eigenvalue weighted by atomic mass is 79.9. The summed E-state index contributed by atoms with van der Waals surface area (Å²) in [5.74, 6) is -0.0899. The molecule has 0 aliphatic rings. The van der Waals surface area contributed by atoms with Crippen LogP contribution in [0.15, 0.2) is 46.9 Å². The summed E-state index contributed by atoms with van der Waals surface area (Å²) in [6.45, 7) is 2.61. The zero-order valence-corrected chi connectivity index (χ0v) is 18.1. The van der Waals surface area contributed by atoms with Crippen LogP contribution in [0, 0.1) is 0 Å². The molecule has 28 heavy (non-hydrogen) atoms. The molecule has 2 aromatic carbocycles. The van der Waals surface area contributed by atoms with E-state index in [4.69, 9.17) is 17.0 Å². The molecule has 0 atom stereocenters. The van der Waals surface area contributed by atoms with E-state index < -0.39 is 0 Å². The van der Waals surface area contributed by atoms with Crippen molar-refractivity contribution in [3.8, 4) is 5.75 Å². The third-order valence-electron chi connectivity index (χ3n) is 3.78. The number of carbonyl (C=O) groups excluding carboxylic acids is 2. The van der Waals surface area contributed by atoms with Gasteiger partial charge in [0.05, 0.1) is 12.2 Å². The maximum Gasteiger partial charge on any atom is 0.261 e. The van der Waals surface area contributed by atoms with Crippen LogP contribution in [-0.2, 0) is 0 Å². The number of rotatable bonds is 7. The van der Waals surface area contributed by atoms with Crippen LogP contribution in [0.25, 0.3) is 0 Å². The molecule has 3 N–H and O–H groups in total. The highest BCUT2D eigenvalue weighted by Crippen LogP contribution is 2.23. The first-order valence-corrected chi connectivity index (χ1v) is 10.0. The van der Waals surface area contributed by atoms with Crippen LogP contribution in [0.4, 0.5) is 5.69 Å². The van der Waals surface area contributed by atoms with Crippen molar-refractivity contribution >= 4 is 50.8 Å². The first-order chi connectivity index (χ1) is 13.4. The van der Waals surface area contributed by atoms with E-state index in [1.165, 1.54) is 0 Å². The van der Waals surface area contributed by atoms with Gasteiger partial charge in [-0.25, -0.2) is 0 Å². The fourth-order valence-electron chi connectivity index (χ4n) is 2.35. The summed E-state index contributed by atoms with van der Waals surface area (Å²) in [6, 6.07) is 12.1. The molecule has 6 nitrogen and oxygen atoms in total. The van der Waals surface area contributed by atoms with Crippen molar-refractivity contribution < 1.29 is 14.3 Å². The minimum absolute atomic E-state index is 0.124. The predicted octanol–water partition coefficient (Wildman–Crippen LogP) is 4.11. The Bertz CT molecular complexity index is 874. The predicted molar refractivity (Wildman–Crippen MR) is 118 cm³/mol. The minimum Gasteiger partial charge on any atom is -0.493 e. The average molecular weight is 464 g/mol. The molecule has 0 heterocycles. The van der Waals surface area contributed by atoms with Crippen LogP contribution < -0.4 is 20.7 Å². The average Bonchev–Trinajstić information content (AvgIpc) is 2.68. The molecule has 0 bridgehead atoms. The van der Waals surface area contributed by atoms with E-state index in [1.54, 1.807) is 43.4 Å². The number of hydrogen-bond acceptors (Lipinski definition) is 4. The molecule has 0 aliphatic heterocycles. The Balaban J connectivity index is 2.07. The molecule has 8 heteroatoms. The van der Waals surface area contributed by atoms with Gasteiger partial charge in [-0.1, -0.05) is 35.3 Å². The van der Waals surface area contributed by atoms with Crippen LogP contribution in [0.1, 0.15) is 40.5 Å². The monoisotopic (exact) mass is 463 g/mol. The van der Waals surface area contributed by atoms with Gasteiger partial charge in [-0.2, -0.15) is 0 Å². The number of thiocarbonyl (C=S) groups is 1. The van der Waals surface area contributed by atoms with Gasteiger partial charge in [-0.15, -0.1) is 0 Å².